The van der Waals surface area contributed by atoms with Crippen LogP contribution in [0.4, 0.5) is 0 Å². The van der Waals surface area contributed by atoms with Crippen molar-refractivity contribution >= 4 is 13.4 Å². The Morgan fingerprint density at radius 2 is 1.68 bits per heavy atom. The Bertz CT molecular complexity index is 546. The third-order valence-corrected chi connectivity index (χ3v) is 4.86. The average Bonchev–Trinajstić information content (AvgIpc) is 2.37. The molecule has 0 spiro atoms. The predicted molar refractivity (Wildman–Crippen MR) is 82.7 cm³/mol. The van der Waals surface area contributed by atoms with Crippen LogP contribution in [0.15, 0.2) is 42.5 Å². The molecule has 0 aliphatic heterocycles. The Labute approximate surface area is 116 Å². The van der Waals surface area contributed by atoms with Gasteiger partial charge in [-0.3, -0.25) is 4.98 Å². The van der Waals surface area contributed by atoms with E-state index in [9.17, 15) is 0 Å². The lowest BCUT2D eigenvalue weighted by Gasteiger charge is -2.17. The fourth-order valence-electron chi connectivity index (χ4n) is 1.85. The molecule has 0 fully saturated rings. The maximum absolute atomic E-state index is 5.84. The summed E-state index contributed by atoms with van der Waals surface area (Å²) in [7, 11) is -1.34. The average molecular weight is 271 g/mol. The number of rotatable bonds is 4. The summed E-state index contributed by atoms with van der Waals surface area (Å²) < 4.78 is 5.84. The van der Waals surface area contributed by atoms with Gasteiger partial charge in [0.05, 0.1) is 5.69 Å². The molecule has 0 radical (unpaired) electrons. The molecule has 0 saturated heterocycles. The van der Waals surface area contributed by atoms with Gasteiger partial charge in [0.2, 0.25) is 0 Å². The first kappa shape index (κ1) is 13.8. The zero-order chi connectivity index (χ0) is 13.9. The van der Waals surface area contributed by atoms with Crippen LogP contribution in [0.2, 0.25) is 19.6 Å². The van der Waals surface area contributed by atoms with E-state index in [0.29, 0.717) is 6.61 Å². The zero-order valence-electron chi connectivity index (χ0n) is 12.1. The maximum Gasteiger partial charge on any atom is 0.140 e. The molecular weight excluding hydrogens is 250 g/mol. The van der Waals surface area contributed by atoms with Gasteiger partial charge in [0.25, 0.3) is 0 Å². The van der Waals surface area contributed by atoms with E-state index in [4.69, 9.17) is 9.72 Å². The van der Waals surface area contributed by atoms with E-state index in [2.05, 4.69) is 43.9 Å². The van der Waals surface area contributed by atoms with Crippen LogP contribution in [0.3, 0.4) is 0 Å². The lowest BCUT2D eigenvalue weighted by atomic mass is 10.2. The molecule has 3 heteroatoms. The van der Waals surface area contributed by atoms with Gasteiger partial charge in [-0.15, -0.1) is 0 Å². The van der Waals surface area contributed by atoms with E-state index in [0.717, 1.165) is 11.4 Å². The summed E-state index contributed by atoms with van der Waals surface area (Å²) in [4.78, 5) is 4.69. The van der Waals surface area contributed by atoms with Gasteiger partial charge in [0.15, 0.2) is 0 Å². The van der Waals surface area contributed by atoms with E-state index < -0.39 is 8.07 Å². The highest BCUT2D eigenvalue weighted by Crippen LogP contribution is 2.16. The summed E-state index contributed by atoms with van der Waals surface area (Å²) in [5.41, 5.74) is 2.16. The largest absolute Gasteiger partial charge is 0.487 e. The Morgan fingerprint density at radius 1 is 1.00 bits per heavy atom. The third-order valence-electron chi connectivity index (χ3n) is 3.04. The Balaban J connectivity index is 2.10. The second kappa shape index (κ2) is 5.57. The first-order valence-corrected chi connectivity index (χ1v) is 10.1. The first-order chi connectivity index (χ1) is 8.97. The normalized spacial score (nSPS) is 11.4. The SMILES string of the molecule is Cc1nc([Si](C)(C)C)ccc1OCc1ccccc1. The summed E-state index contributed by atoms with van der Waals surface area (Å²) in [5, 5.41) is 1.23. The molecule has 0 N–H and O–H groups in total. The Morgan fingerprint density at radius 3 is 2.26 bits per heavy atom. The third kappa shape index (κ3) is 3.67. The van der Waals surface area contributed by atoms with Crippen molar-refractivity contribution in [3.05, 3.63) is 53.7 Å². The summed E-state index contributed by atoms with van der Waals surface area (Å²) in [6.07, 6.45) is 0. The van der Waals surface area contributed by atoms with Crippen molar-refractivity contribution in [2.45, 2.75) is 33.2 Å². The quantitative estimate of drug-likeness (QED) is 0.794. The summed E-state index contributed by atoms with van der Waals surface area (Å²) >= 11 is 0. The number of hydrogen-bond acceptors (Lipinski definition) is 2. The van der Waals surface area contributed by atoms with Crippen LogP contribution in [0.25, 0.3) is 0 Å². The molecule has 100 valence electrons. The summed E-state index contributed by atoms with van der Waals surface area (Å²) in [6.45, 7) is 9.53. The van der Waals surface area contributed by atoms with Crippen LogP contribution in [-0.2, 0) is 6.61 Å². The standard InChI is InChI=1S/C16H21NOSi/c1-13-15(10-11-16(17-13)19(2,3)4)18-12-14-8-6-5-7-9-14/h5-11H,12H2,1-4H3. The lowest BCUT2D eigenvalue weighted by molar-refractivity contribution is 0.302. The lowest BCUT2D eigenvalue weighted by Crippen LogP contribution is -2.40. The van der Waals surface area contributed by atoms with Crippen LogP contribution >= 0.6 is 0 Å². The number of benzene rings is 1. The van der Waals surface area contributed by atoms with E-state index in [-0.39, 0.29) is 0 Å². The van der Waals surface area contributed by atoms with Crippen molar-refractivity contribution < 1.29 is 4.74 Å². The van der Waals surface area contributed by atoms with Crippen molar-refractivity contribution in [2.24, 2.45) is 0 Å². The monoisotopic (exact) mass is 271 g/mol. The minimum atomic E-state index is -1.34. The zero-order valence-corrected chi connectivity index (χ0v) is 13.1. The van der Waals surface area contributed by atoms with Crippen LogP contribution in [0.1, 0.15) is 11.3 Å². The van der Waals surface area contributed by atoms with Crippen molar-refractivity contribution in [3.8, 4) is 5.75 Å². The molecule has 0 unspecified atom stereocenters. The maximum atomic E-state index is 5.84. The van der Waals surface area contributed by atoms with Gasteiger partial charge in [0.1, 0.15) is 20.4 Å². The van der Waals surface area contributed by atoms with Gasteiger partial charge < -0.3 is 4.74 Å². The van der Waals surface area contributed by atoms with Gasteiger partial charge in [-0.2, -0.15) is 0 Å². The Kier molecular flexibility index (Phi) is 4.05. The number of nitrogens with zero attached hydrogens (tertiary/aromatic N) is 1. The molecule has 0 amide bonds. The predicted octanol–water partition coefficient (Wildman–Crippen LogP) is 3.51. The smallest absolute Gasteiger partial charge is 0.140 e. The molecule has 2 rings (SSSR count). The molecule has 0 aliphatic carbocycles. The van der Waals surface area contributed by atoms with E-state index in [1.54, 1.807) is 0 Å². The topological polar surface area (TPSA) is 22.1 Å². The summed E-state index contributed by atoms with van der Waals surface area (Å²) in [5.74, 6) is 0.880. The molecule has 0 bridgehead atoms. The van der Waals surface area contributed by atoms with Crippen LogP contribution in [0.5, 0.6) is 5.75 Å². The highest BCUT2D eigenvalue weighted by molar-refractivity contribution is 6.88. The molecular formula is C16H21NOSi. The molecule has 19 heavy (non-hydrogen) atoms. The highest BCUT2D eigenvalue weighted by Gasteiger charge is 2.19. The second-order valence-corrected chi connectivity index (χ2v) is 10.8. The van der Waals surface area contributed by atoms with Crippen LogP contribution in [0, 0.1) is 6.92 Å². The van der Waals surface area contributed by atoms with E-state index in [1.165, 1.54) is 10.9 Å². The van der Waals surface area contributed by atoms with Gasteiger partial charge >= 0.3 is 0 Å². The minimum absolute atomic E-state index is 0.593. The van der Waals surface area contributed by atoms with Crippen molar-refractivity contribution in [2.75, 3.05) is 0 Å². The van der Waals surface area contributed by atoms with Crippen molar-refractivity contribution in [3.63, 3.8) is 0 Å². The number of aromatic nitrogens is 1. The number of ether oxygens (including phenoxy) is 1. The summed E-state index contributed by atoms with van der Waals surface area (Å²) in [6, 6.07) is 14.4. The van der Waals surface area contributed by atoms with Crippen LogP contribution < -0.4 is 10.1 Å². The number of hydrogen-bond donors (Lipinski definition) is 0. The van der Waals surface area contributed by atoms with E-state index >= 15 is 0 Å². The highest BCUT2D eigenvalue weighted by atomic mass is 28.3. The molecule has 1 aromatic heterocycles. The van der Waals surface area contributed by atoms with Gasteiger partial charge in [-0.1, -0.05) is 50.0 Å². The number of aryl methyl sites for hydroxylation is 1. The van der Waals surface area contributed by atoms with Gasteiger partial charge in [-0.05, 0) is 24.6 Å². The fraction of sp³-hybridized carbons (Fsp3) is 0.312. The molecule has 2 aromatic rings. The minimum Gasteiger partial charge on any atom is -0.487 e. The molecule has 0 saturated carbocycles. The molecule has 0 aliphatic rings. The number of pyridine rings is 1. The molecule has 0 atom stereocenters. The second-order valence-electron chi connectivity index (χ2n) is 5.80. The molecule has 2 nitrogen and oxygen atoms in total. The van der Waals surface area contributed by atoms with Crippen molar-refractivity contribution in [1.82, 2.24) is 4.98 Å². The molecule has 1 heterocycles. The van der Waals surface area contributed by atoms with Gasteiger partial charge in [-0.25, -0.2) is 0 Å². The first-order valence-electron chi connectivity index (χ1n) is 6.61. The fourth-order valence-corrected chi connectivity index (χ4v) is 2.94. The Hall–Kier alpha value is -1.61. The van der Waals surface area contributed by atoms with Gasteiger partial charge in [0, 0.05) is 5.32 Å². The molecule has 1 aromatic carbocycles. The van der Waals surface area contributed by atoms with Crippen LogP contribution in [-0.4, -0.2) is 13.1 Å². The van der Waals surface area contributed by atoms with E-state index in [1.807, 2.05) is 25.1 Å². The van der Waals surface area contributed by atoms with Crippen molar-refractivity contribution in [1.29, 1.82) is 0 Å².